The van der Waals surface area contributed by atoms with Gasteiger partial charge in [-0.15, -0.1) is 0 Å². The van der Waals surface area contributed by atoms with Gasteiger partial charge in [0.1, 0.15) is 5.75 Å². The average Bonchev–Trinajstić information content (AvgIpc) is 2.16. The molecule has 1 aliphatic carbocycles. The molecule has 0 spiro atoms. The summed E-state index contributed by atoms with van der Waals surface area (Å²) in [6.45, 7) is 6.19. The molecule has 1 N–H and O–H groups in total. The van der Waals surface area contributed by atoms with Gasteiger partial charge in [0.05, 0.1) is 17.2 Å². The second kappa shape index (κ2) is 5.10. The van der Waals surface area contributed by atoms with Crippen LogP contribution in [-0.4, -0.2) is 11.7 Å². The Morgan fingerprint density at radius 1 is 1.39 bits per heavy atom. The molecule has 1 aromatic carbocycles. The number of benzene rings is 1. The predicted molar refractivity (Wildman–Crippen MR) is 74.3 cm³/mol. The predicted octanol–water partition coefficient (Wildman–Crippen LogP) is 4.05. The molecule has 1 aromatic rings. The van der Waals surface area contributed by atoms with Crippen molar-refractivity contribution in [2.75, 3.05) is 6.61 Å². The number of aliphatic hydroxyl groups is 1. The highest BCUT2D eigenvalue weighted by Crippen LogP contribution is 2.38. The third kappa shape index (κ3) is 2.99. The van der Waals surface area contributed by atoms with Gasteiger partial charge in [-0.3, -0.25) is 0 Å². The molecule has 3 heteroatoms. The standard InChI is InChI=1S/C15H21ClO2/c1-10-7-12(15(2,3)17)14(13(16)8-10)18-9-11-5-4-6-11/h7-8,11,17H,4-6,9H2,1-3H3. The van der Waals surface area contributed by atoms with Gasteiger partial charge < -0.3 is 9.84 Å². The molecule has 0 saturated heterocycles. The van der Waals surface area contributed by atoms with E-state index in [1.807, 2.05) is 19.1 Å². The molecule has 0 aromatic heterocycles. The number of aryl methyl sites for hydroxylation is 1. The van der Waals surface area contributed by atoms with Crippen molar-refractivity contribution in [1.82, 2.24) is 0 Å². The van der Waals surface area contributed by atoms with Crippen molar-refractivity contribution in [2.24, 2.45) is 5.92 Å². The Hall–Kier alpha value is -0.730. The van der Waals surface area contributed by atoms with Crippen molar-refractivity contribution in [2.45, 2.75) is 45.6 Å². The molecule has 100 valence electrons. The zero-order valence-electron chi connectivity index (χ0n) is 11.3. The van der Waals surface area contributed by atoms with Crippen molar-refractivity contribution in [1.29, 1.82) is 0 Å². The van der Waals surface area contributed by atoms with E-state index in [1.54, 1.807) is 13.8 Å². The minimum atomic E-state index is -0.940. The second-order valence-corrected chi connectivity index (χ2v) is 6.20. The smallest absolute Gasteiger partial charge is 0.143 e. The molecular weight excluding hydrogens is 248 g/mol. The highest BCUT2D eigenvalue weighted by molar-refractivity contribution is 6.32. The van der Waals surface area contributed by atoms with Crippen molar-refractivity contribution in [3.8, 4) is 5.75 Å². The van der Waals surface area contributed by atoms with Crippen molar-refractivity contribution in [3.63, 3.8) is 0 Å². The summed E-state index contributed by atoms with van der Waals surface area (Å²) < 4.78 is 5.86. The SMILES string of the molecule is Cc1cc(Cl)c(OCC2CCC2)c(C(C)(C)O)c1. The van der Waals surface area contributed by atoms with Gasteiger partial charge in [-0.25, -0.2) is 0 Å². The van der Waals surface area contributed by atoms with Crippen molar-refractivity contribution < 1.29 is 9.84 Å². The van der Waals surface area contributed by atoms with Gasteiger partial charge in [0.25, 0.3) is 0 Å². The van der Waals surface area contributed by atoms with E-state index < -0.39 is 5.60 Å². The minimum absolute atomic E-state index is 0.589. The third-order valence-corrected chi connectivity index (χ3v) is 3.82. The Bertz CT molecular complexity index is 431. The van der Waals surface area contributed by atoms with Gasteiger partial charge in [-0.05, 0) is 57.2 Å². The van der Waals surface area contributed by atoms with Crippen LogP contribution in [0.25, 0.3) is 0 Å². The van der Waals surface area contributed by atoms with Crippen LogP contribution in [0.3, 0.4) is 0 Å². The number of halogens is 1. The third-order valence-electron chi connectivity index (χ3n) is 3.54. The van der Waals surface area contributed by atoms with Crippen LogP contribution in [0.4, 0.5) is 0 Å². The highest BCUT2D eigenvalue weighted by atomic mass is 35.5. The summed E-state index contributed by atoms with van der Waals surface area (Å²) in [5.74, 6) is 1.29. The van der Waals surface area contributed by atoms with E-state index in [1.165, 1.54) is 19.3 Å². The zero-order chi connectivity index (χ0) is 13.3. The maximum absolute atomic E-state index is 10.2. The van der Waals surface area contributed by atoms with E-state index >= 15 is 0 Å². The van der Waals surface area contributed by atoms with Crippen LogP contribution in [0.15, 0.2) is 12.1 Å². The lowest BCUT2D eigenvalue weighted by atomic mass is 9.86. The van der Waals surface area contributed by atoms with Gasteiger partial charge in [0, 0.05) is 5.56 Å². The van der Waals surface area contributed by atoms with Crippen molar-refractivity contribution in [3.05, 3.63) is 28.3 Å². The number of hydrogen-bond donors (Lipinski definition) is 1. The van der Waals surface area contributed by atoms with Gasteiger partial charge in [0.2, 0.25) is 0 Å². The molecular formula is C15H21ClO2. The summed E-state index contributed by atoms with van der Waals surface area (Å²) in [6, 6.07) is 3.83. The van der Waals surface area contributed by atoms with Crippen LogP contribution < -0.4 is 4.74 Å². The molecule has 0 radical (unpaired) electrons. The Kier molecular flexibility index (Phi) is 3.88. The van der Waals surface area contributed by atoms with Crippen LogP contribution in [0.5, 0.6) is 5.75 Å². The van der Waals surface area contributed by atoms with E-state index in [0.717, 1.165) is 11.1 Å². The summed E-state index contributed by atoms with van der Waals surface area (Å²) in [5.41, 5.74) is 0.866. The van der Waals surface area contributed by atoms with Gasteiger partial charge >= 0.3 is 0 Å². The fourth-order valence-corrected chi connectivity index (χ4v) is 2.52. The minimum Gasteiger partial charge on any atom is -0.491 e. The normalized spacial score (nSPS) is 16.5. The number of ether oxygens (including phenoxy) is 1. The van der Waals surface area contributed by atoms with Crippen molar-refractivity contribution >= 4 is 11.6 Å². The fraction of sp³-hybridized carbons (Fsp3) is 0.600. The monoisotopic (exact) mass is 268 g/mol. The first-order valence-corrected chi connectivity index (χ1v) is 6.91. The molecule has 2 rings (SSSR count). The molecule has 0 bridgehead atoms. The van der Waals surface area contributed by atoms with Gasteiger partial charge in [-0.2, -0.15) is 0 Å². The molecule has 1 saturated carbocycles. The lowest BCUT2D eigenvalue weighted by Crippen LogP contribution is -2.22. The van der Waals surface area contributed by atoms with E-state index in [-0.39, 0.29) is 0 Å². The molecule has 2 nitrogen and oxygen atoms in total. The first-order valence-electron chi connectivity index (χ1n) is 6.53. The largest absolute Gasteiger partial charge is 0.491 e. The first-order chi connectivity index (χ1) is 8.38. The topological polar surface area (TPSA) is 29.5 Å². The Morgan fingerprint density at radius 3 is 2.56 bits per heavy atom. The lowest BCUT2D eigenvalue weighted by Gasteiger charge is -2.28. The fourth-order valence-electron chi connectivity index (χ4n) is 2.19. The van der Waals surface area contributed by atoms with E-state index in [9.17, 15) is 5.11 Å². The number of hydrogen-bond acceptors (Lipinski definition) is 2. The van der Waals surface area contributed by atoms with Crippen LogP contribution in [0, 0.1) is 12.8 Å². The van der Waals surface area contributed by atoms with E-state index in [4.69, 9.17) is 16.3 Å². The van der Waals surface area contributed by atoms with Crippen LogP contribution in [0.1, 0.15) is 44.2 Å². The Labute approximate surface area is 114 Å². The summed E-state index contributed by atoms with van der Waals surface area (Å²) in [7, 11) is 0. The lowest BCUT2D eigenvalue weighted by molar-refractivity contribution is 0.0727. The summed E-state index contributed by atoms with van der Waals surface area (Å²) >= 11 is 6.25. The highest BCUT2D eigenvalue weighted by Gasteiger charge is 2.25. The first kappa shape index (κ1) is 13.7. The quantitative estimate of drug-likeness (QED) is 0.893. The number of rotatable bonds is 4. The van der Waals surface area contributed by atoms with Crippen LogP contribution in [0.2, 0.25) is 5.02 Å². The molecule has 0 heterocycles. The molecule has 0 unspecified atom stereocenters. The van der Waals surface area contributed by atoms with Gasteiger partial charge in [0.15, 0.2) is 0 Å². The molecule has 0 atom stereocenters. The average molecular weight is 269 g/mol. The van der Waals surface area contributed by atoms with Crippen LogP contribution in [-0.2, 0) is 5.60 Å². The summed E-state index contributed by atoms with van der Waals surface area (Å²) in [5, 5.41) is 10.8. The molecule has 0 aliphatic heterocycles. The maximum atomic E-state index is 10.2. The molecule has 1 aliphatic rings. The Balaban J connectivity index is 2.25. The molecule has 0 amide bonds. The summed E-state index contributed by atoms with van der Waals surface area (Å²) in [6.07, 6.45) is 3.77. The second-order valence-electron chi connectivity index (χ2n) is 5.79. The molecule has 18 heavy (non-hydrogen) atoms. The molecule has 1 fully saturated rings. The maximum Gasteiger partial charge on any atom is 0.143 e. The summed E-state index contributed by atoms with van der Waals surface area (Å²) in [4.78, 5) is 0. The van der Waals surface area contributed by atoms with Crippen LogP contribution >= 0.6 is 11.6 Å². The van der Waals surface area contributed by atoms with E-state index in [0.29, 0.717) is 23.3 Å². The van der Waals surface area contributed by atoms with E-state index in [2.05, 4.69) is 0 Å². The zero-order valence-corrected chi connectivity index (χ0v) is 12.0. The van der Waals surface area contributed by atoms with Gasteiger partial charge in [-0.1, -0.05) is 18.0 Å². The Morgan fingerprint density at radius 2 is 2.06 bits per heavy atom.